The van der Waals surface area contributed by atoms with Gasteiger partial charge in [0.1, 0.15) is 17.1 Å². The first-order chi connectivity index (χ1) is 16.8. The van der Waals surface area contributed by atoms with E-state index < -0.39 is 0 Å². The van der Waals surface area contributed by atoms with Gasteiger partial charge in [-0.3, -0.25) is 4.79 Å². The Balaban J connectivity index is 1.75. The van der Waals surface area contributed by atoms with Gasteiger partial charge in [-0.15, -0.1) is 0 Å². The van der Waals surface area contributed by atoms with Gasteiger partial charge in [-0.2, -0.15) is 0 Å². The Morgan fingerprint density at radius 1 is 1.09 bits per heavy atom. The van der Waals surface area contributed by atoms with E-state index in [0.29, 0.717) is 25.0 Å². The summed E-state index contributed by atoms with van der Waals surface area (Å²) in [7, 11) is 0. The number of aryl methyl sites for hydroxylation is 1. The highest BCUT2D eigenvalue weighted by molar-refractivity contribution is 6.01. The second kappa shape index (κ2) is 10.6. The van der Waals surface area contributed by atoms with E-state index in [2.05, 4.69) is 19.9 Å². The molecule has 1 aromatic heterocycles. The smallest absolute Gasteiger partial charge is 0.246 e. The maximum absolute atomic E-state index is 13.2. The highest BCUT2D eigenvalue weighted by Crippen LogP contribution is 2.41. The molecule has 0 bridgehead atoms. The van der Waals surface area contributed by atoms with E-state index in [1.54, 1.807) is 12.3 Å². The van der Waals surface area contributed by atoms with Crippen molar-refractivity contribution in [1.82, 2.24) is 4.90 Å². The molecule has 2 heterocycles. The number of benzene rings is 2. The molecule has 35 heavy (non-hydrogen) atoms. The second-order valence-corrected chi connectivity index (χ2v) is 9.81. The first-order valence-corrected chi connectivity index (χ1v) is 12.7. The molecular weight excluding hydrogens is 438 g/mol. The zero-order chi connectivity index (χ0) is 25.1. The Hall–Kier alpha value is -3.21. The van der Waals surface area contributed by atoms with E-state index in [9.17, 15) is 4.79 Å². The van der Waals surface area contributed by atoms with Crippen LogP contribution in [0.25, 0.3) is 27.7 Å². The van der Waals surface area contributed by atoms with E-state index in [4.69, 9.17) is 13.9 Å². The molecule has 0 saturated carbocycles. The van der Waals surface area contributed by atoms with E-state index >= 15 is 0 Å². The zero-order valence-electron chi connectivity index (χ0n) is 21.8. The molecule has 0 N–H and O–H groups in total. The standard InChI is InChI=1S/C30H37NO4/c1-7-33-24-11-9-23(10-12-24)27-18-35-30-22(6)29(34-8-2)25(15-26(27)30)21(5)14-28(32)31-16-19(3)13-20(4)17-31/h9-12,14-15,18-20H,7-8,13,16-17H2,1-6H3/b21-14+. The number of rotatable bonds is 7. The number of amides is 1. The molecule has 5 heteroatoms. The molecule has 1 aliphatic heterocycles. The number of fused-ring (bicyclic) bond motifs is 1. The van der Waals surface area contributed by atoms with Crippen LogP contribution in [0.1, 0.15) is 52.2 Å². The average molecular weight is 476 g/mol. The maximum Gasteiger partial charge on any atom is 0.246 e. The molecule has 5 nitrogen and oxygen atoms in total. The molecule has 1 aliphatic rings. The van der Waals surface area contributed by atoms with Gasteiger partial charge in [0, 0.05) is 41.2 Å². The highest BCUT2D eigenvalue weighted by atomic mass is 16.5. The molecule has 1 amide bonds. The van der Waals surface area contributed by atoms with Crippen molar-refractivity contribution < 1.29 is 18.7 Å². The summed E-state index contributed by atoms with van der Waals surface area (Å²) in [5.41, 5.74) is 5.63. The lowest BCUT2D eigenvalue weighted by Crippen LogP contribution is -2.41. The third kappa shape index (κ3) is 5.24. The Labute approximate surface area is 208 Å². The van der Waals surface area contributed by atoms with Gasteiger partial charge in [-0.05, 0) is 75.3 Å². The largest absolute Gasteiger partial charge is 0.494 e. The van der Waals surface area contributed by atoms with E-state index in [-0.39, 0.29) is 5.91 Å². The van der Waals surface area contributed by atoms with Crippen molar-refractivity contribution in [2.75, 3.05) is 26.3 Å². The minimum absolute atomic E-state index is 0.0695. The predicted octanol–water partition coefficient (Wildman–Crippen LogP) is 7.11. The molecule has 2 aromatic carbocycles. The van der Waals surface area contributed by atoms with Crippen molar-refractivity contribution in [2.45, 2.75) is 48.0 Å². The summed E-state index contributed by atoms with van der Waals surface area (Å²) in [4.78, 5) is 15.2. The molecule has 2 unspecified atom stereocenters. The topological polar surface area (TPSA) is 51.9 Å². The van der Waals surface area contributed by atoms with E-state index in [1.165, 1.54) is 6.42 Å². The Morgan fingerprint density at radius 2 is 1.74 bits per heavy atom. The van der Waals surface area contributed by atoms with Gasteiger partial charge in [0.15, 0.2) is 0 Å². The van der Waals surface area contributed by atoms with Crippen molar-refractivity contribution in [3.8, 4) is 22.6 Å². The number of ether oxygens (including phenoxy) is 2. The number of furan rings is 1. The van der Waals surface area contributed by atoms with Gasteiger partial charge in [0.25, 0.3) is 0 Å². The van der Waals surface area contributed by atoms with Crippen molar-refractivity contribution >= 4 is 22.4 Å². The van der Waals surface area contributed by atoms with Crippen LogP contribution in [-0.2, 0) is 4.79 Å². The minimum atomic E-state index is 0.0695. The van der Waals surface area contributed by atoms with E-state index in [0.717, 1.165) is 63.4 Å². The number of allylic oxidation sites excluding steroid dienone is 1. The summed E-state index contributed by atoms with van der Waals surface area (Å²) in [5, 5.41) is 1.01. The zero-order valence-corrected chi connectivity index (χ0v) is 21.8. The van der Waals surface area contributed by atoms with Crippen LogP contribution in [0.3, 0.4) is 0 Å². The molecule has 2 atom stereocenters. The van der Waals surface area contributed by atoms with E-state index in [1.807, 2.05) is 56.9 Å². The summed E-state index contributed by atoms with van der Waals surface area (Å²) in [6, 6.07) is 10.1. The van der Waals surface area contributed by atoms with Crippen molar-refractivity contribution in [1.29, 1.82) is 0 Å². The van der Waals surface area contributed by atoms with Crippen molar-refractivity contribution in [3.63, 3.8) is 0 Å². The van der Waals surface area contributed by atoms with Gasteiger partial charge in [0.05, 0.1) is 19.5 Å². The number of carbonyl (C=O) groups is 1. The normalized spacial score (nSPS) is 18.7. The van der Waals surface area contributed by atoms with Crippen LogP contribution in [0.5, 0.6) is 11.5 Å². The Kier molecular flexibility index (Phi) is 7.54. The number of piperidine rings is 1. The first-order valence-electron chi connectivity index (χ1n) is 12.7. The van der Waals surface area contributed by atoms with Crippen LogP contribution < -0.4 is 9.47 Å². The molecule has 4 rings (SSSR count). The summed E-state index contributed by atoms with van der Waals surface area (Å²) in [5.74, 6) is 2.74. The Morgan fingerprint density at radius 3 is 2.37 bits per heavy atom. The number of likely N-dealkylation sites (tertiary alicyclic amines) is 1. The molecular formula is C30H37NO4. The molecule has 186 valence electrons. The summed E-state index contributed by atoms with van der Waals surface area (Å²) in [6.07, 6.45) is 4.74. The SMILES string of the molecule is CCOc1ccc(-c2coc3c(C)c(OCC)c(/C(C)=C/C(=O)N4CC(C)CC(C)C4)cc23)cc1. The quantitative estimate of drug-likeness (QED) is 0.342. The number of hydrogen-bond donors (Lipinski definition) is 0. The van der Waals surface area contributed by atoms with Gasteiger partial charge in [-0.25, -0.2) is 0 Å². The molecule has 1 fully saturated rings. The maximum atomic E-state index is 13.2. The second-order valence-electron chi connectivity index (χ2n) is 9.81. The van der Waals surface area contributed by atoms with Crippen LogP contribution in [0, 0.1) is 18.8 Å². The number of nitrogens with zero attached hydrogens (tertiary/aromatic N) is 1. The lowest BCUT2D eigenvalue weighted by atomic mass is 9.91. The lowest BCUT2D eigenvalue weighted by molar-refractivity contribution is -0.128. The molecule has 0 spiro atoms. The highest BCUT2D eigenvalue weighted by Gasteiger charge is 2.25. The van der Waals surface area contributed by atoms with Crippen molar-refractivity contribution in [2.24, 2.45) is 11.8 Å². The third-order valence-electron chi connectivity index (χ3n) is 6.75. The average Bonchev–Trinajstić information content (AvgIpc) is 3.25. The fourth-order valence-corrected chi connectivity index (χ4v) is 5.26. The summed E-state index contributed by atoms with van der Waals surface area (Å²) >= 11 is 0. The lowest BCUT2D eigenvalue weighted by Gasteiger charge is -2.34. The summed E-state index contributed by atoms with van der Waals surface area (Å²) in [6.45, 7) is 15.2. The molecule has 3 aromatic rings. The fraction of sp³-hybridized carbons (Fsp3) is 0.433. The molecule has 0 aliphatic carbocycles. The van der Waals surface area contributed by atoms with Crippen LogP contribution in [0.2, 0.25) is 0 Å². The molecule has 1 saturated heterocycles. The van der Waals surface area contributed by atoms with Crippen LogP contribution in [0.4, 0.5) is 0 Å². The fourth-order valence-electron chi connectivity index (χ4n) is 5.26. The summed E-state index contributed by atoms with van der Waals surface area (Å²) < 4.78 is 17.7. The number of carbonyl (C=O) groups excluding carboxylic acids is 1. The number of hydrogen-bond acceptors (Lipinski definition) is 4. The Bertz CT molecular complexity index is 1210. The van der Waals surface area contributed by atoms with Crippen LogP contribution in [0.15, 0.2) is 47.1 Å². The monoisotopic (exact) mass is 475 g/mol. The van der Waals surface area contributed by atoms with Gasteiger partial charge in [0.2, 0.25) is 5.91 Å². The van der Waals surface area contributed by atoms with Gasteiger partial charge >= 0.3 is 0 Å². The van der Waals surface area contributed by atoms with Gasteiger partial charge < -0.3 is 18.8 Å². The van der Waals surface area contributed by atoms with Gasteiger partial charge in [-0.1, -0.05) is 26.0 Å². The molecule has 0 radical (unpaired) electrons. The predicted molar refractivity (Wildman–Crippen MR) is 142 cm³/mol. The van der Waals surface area contributed by atoms with Crippen LogP contribution >= 0.6 is 0 Å². The van der Waals surface area contributed by atoms with Crippen molar-refractivity contribution in [3.05, 3.63) is 53.8 Å². The third-order valence-corrected chi connectivity index (χ3v) is 6.75. The van der Waals surface area contributed by atoms with Crippen LogP contribution in [-0.4, -0.2) is 37.1 Å². The minimum Gasteiger partial charge on any atom is -0.494 e. The first kappa shape index (κ1) is 24.9.